The molecule has 1 amide bonds. The summed E-state index contributed by atoms with van der Waals surface area (Å²) in [5, 5.41) is 3.98. The van der Waals surface area contributed by atoms with Crippen LogP contribution in [0.15, 0.2) is 30.6 Å². The van der Waals surface area contributed by atoms with Crippen LogP contribution in [-0.4, -0.2) is 46.5 Å². The summed E-state index contributed by atoms with van der Waals surface area (Å²) in [6, 6.07) is 6.26. The molecule has 26 heavy (non-hydrogen) atoms. The molecule has 0 aliphatic carbocycles. The van der Waals surface area contributed by atoms with Crippen molar-refractivity contribution >= 4 is 29.7 Å². The van der Waals surface area contributed by atoms with E-state index < -0.39 is 0 Å². The van der Waals surface area contributed by atoms with Crippen LogP contribution in [-0.2, 0) is 11.3 Å². The van der Waals surface area contributed by atoms with Crippen molar-refractivity contribution in [3.05, 3.63) is 35.5 Å². The number of hydrogen-bond donors (Lipinski definition) is 2. The lowest BCUT2D eigenvalue weighted by Crippen LogP contribution is -2.46. The molecule has 0 aromatic carbocycles. The third-order valence-electron chi connectivity index (χ3n) is 4.45. The summed E-state index contributed by atoms with van der Waals surface area (Å²) < 4.78 is 0. The molecule has 3 rings (SSSR count). The molecule has 1 atom stereocenters. The SMILES string of the molecule is Cl.NCCC(=O)NCC1CCCCN1Cc1cnc(-c2ccccn2)s1. The number of rotatable bonds is 7. The first-order chi connectivity index (χ1) is 12.3. The summed E-state index contributed by atoms with van der Waals surface area (Å²) >= 11 is 1.70. The summed E-state index contributed by atoms with van der Waals surface area (Å²) in [4.78, 5) is 24.3. The molecule has 1 fully saturated rings. The number of nitrogens with zero attached hydrogens (tertiary/aromatic N) is 3. The number of amides is 1. The van der Waals surface area contributed by atoms with Crippen molar-refractivity contribution in [3.63, 3.8) is 0 Å². The smallest absolute Gasteiger partial charge is 0.221 e. The van der Waals surface area contributed by atoms with Gasteiger partial charge in [-0.25, -0.2) is 4.98 Å². The molecule has 6 nitrogen and oxygen atoms in total. The summed E-state index contributed by atoms with van der Waals surface area (Å²) in [7, 11) is 0. The number of aromatic nitrogens is 2. The number of hydrogen-bond acceptors (Lipinski definition) is 6. The Bertz CT molecular complexity index is 681. The maximum absolute atomic E-state index is 11.7. The largest absolute Gasteiger partial charge is 0.354 e. The number of likely N-dealkylation sites (tertiary alicyclic amines) is 1. The standard InChI is InChI=1S/C18H25N5OS.ClH/c19-8-7-17(24)21-11-14-5-2-4-10-23(14)13-15-12-22-18(25-15)16-6-1-3-9-20-16;/h1,3,6,9,12,14H,2,4-5,7-8,10-11,13,19H2,(H,21,24);1H. The van der Waals surface area contributed by atoms with E-state index in [1.54, 1.807) is 17.5 Å². The maximum atomic E-state index is 11.7. The van der Waals surface area contributed by atoms with Gasteiger partial charge >= 0.3 is 0 Å². The Hall–Kier alpha value is -1.54. The van der Waals surface area contributed by atoms with Gasteiger partial charge in [0.25, 0.3) is 0 Å². The molecule has 3 heterocycles. The molecule has 0 saturated carbocycles. The Morgan fingerprint density at radius 2 is 2.23 bits per heavy atom. The Kier molecular flexibility index (Phi) is 8.44. The average molecular weight is 396 g/mol. The predicted octanol–water partition coefficient (Wildman–Crippen LogP) is 2.45. The number of piperidine rings is 1. The number of thiazole rings is 1. The second-order valence-corrected chi connectivity index (χ2v) is 7.42. The zero-order valence-electron chi connectivity index (χ0n) is 14.8. The molecule has 2 aromatic rings. The molecule has 0 radical (unpaired) electrons. The minimum Gasteiger partial charge on any atom is -0.354 e. The van der Waals surface area contributed by atoms with E-state index in [9.17, 15) is 4.79 Å². The number of nitrogens with one attached hydrogen (secondary N) is 1. The highest BCUT2D eigenvalue weighted by molar-refractivity contribution is 7.14. The van der Waals surface area contributed by atoms with Crippen molar-refractivity contribution in [2.24, 2.45) is 5.73 Å². The number of carbonyl (C=O) groups is 1. The van der Waals surface area contributed by atoms with E-state index >= 15 is 0 Å². The molecule has 2 aromatic heterocycles. The molecule has 0 bridgehead atoms. The van der Waals surface area contributed by atoms with Crippen LogP contribution in [0.4, 0.5) is 0 Å². The average Bonchev–Trinajstić information content (AvgIpc) is 3.11. The van der Waals surface area contributed by atoms with Crippen molar-refractivity contribution < 1.29 is 4.79 Å². The van der Waals surface area contributed by atoms with Crippen LogP contribution >= 0.6 is 23.7 Å². The van der Waals surface area contributed by atoms with E-state index in [0.29, 0.717) is 25.6 Å². The fourth-order valence-electron chi connectivity index (χ4n) is 3.14. The summed E-state index contributed by atoms with van der Waals surface area (Å²) in [5.41, 5.74) is 6.36. The first-order valence-corrected chi connectivity index (χ1v) is 9.65. The van der Waals surface area contributed by atoms with E-state index in [-0.39, 0.29) is 18.3 Å². The number of nitrogens with two attached hydrogens (primary N) is 1. The van der Waals surface area contributed by atoms with Crippen molar-refractivity contribution in [1.82, 2.24) is 20.2 Å². The van der Waals surface area contributed by atoms with Gasteiger partial charge in [0.05, 0.1) is 5.69 Å². The van der Waals surface area contributed by atoms with Crippen LogP contribution in [0.25, 0.3) is 10.7 Å². The maximum Gasteiger partial charge on any atom is 0.221 e. The fourth-order valence-corrected chi connectivity index (χ4v) is 4.05. The first-order valence-electron chi connectivity index (χ1n) is 8.83. The minimum absolute atomic E-state index is 0. The first kappa shape index (κ1) is 20.8. The zero-order valence-corrected chi connectivity index (χ0v) is 16.4. The number of halogens is 1. The van der Waals surface area contributed by atoms with Crippen LogP contribution < -0.4 is 11.1 Å². The quantitative estimate of drug-likeness (QED) is 0.752. The lowest BCUT2D eigenvalue weighted by atomic mass is 10.0. The number of carbonyl (C=O) groups excluding carboxylic acids is 1. The van der Waals surface area contributed by atoms with Crippen LogP contribution in [0.5, 0.6) is 0 Å². The molecule has 1 unspecified atom stereocenters. The van der Waals surface area contributed by atoms with Gasteiger partial charge in [0, 0.05) is 49.4 Å². The molecule has 1 aliphatic rings. The minimum atomic E-state index is 0. The van der Waals surface area contributed by atoms with Gasteiger partial charge in [0.1, 0.15) is 5.01 Å². The van der Waals surface area contributed by atoms with E-state index in [1.807, 2.05) is 24.4 Å². The molecule has 142 valence electrons. The highest BCUT2D eigenvalue weighted by Gasteiger charge is 2.23. The predicted molar refractivity (Wildman–Crippen MR) is 107 cm³/mol. The molecular weight excluding hydrogens is 370 g/mol. The van der Waals surface area contributed by atoms with Gasteiger partial charge in [-0.2, -0.15) is 0 Å². The van der Waals surface area contributed by atoms with Gasteiger partial charge in [-0.1, -0.05) is 12.5 Å². The fraction of sp³-hybridized carbons (Fsp3) is 0.500. The topological polar surface area (TPSA) is 84.1 Å². The molecule has 1 saturated heterocycles. The van der Waals surface area contributed by atoms with Crippen LogP contribution in [0.2, 0.25) is 0 Å². The van der Waals surface area contributed by atoms with Gasteiger partial charge < -0.3 is 11.1 Å². The molecular formula is C18H26ClN5OS. The number of pyridine rings is 1. The Morgan fingerprint density at radius 3 is 3.00 bits per heavy atom. The van der Waals surface area contributed by atoms with Gasteiger partial charge in [0.15, 0.2) is 0 Å². The highest BCUT2D eigenvalue weighted by atomic mass is 35.5. The van der Waals surface area contributed by atoms with E-state index in [1.165, 1.54) is 17.7 Å². The molecule has 3 N–H and O–H groups in total. The van der Waals surface area contributed by atoms with Gasteiger partial charge in [-0.05, 0) is 31.5 Å². The van der Waals surface area contributed by atoms with E-state index in [4.69, 9.17) is 5.73 Å². The van der Waals surface area contributed by atoms with Crippen molar-refractivity contribution in [2.75, 3.05) is 19.6 Å². The van der Waals surface area contributed by atoms with Crippen molar-refractivity contribution in [2.45, 2.75) is 38.3 Å². The Labute approximate surface area is 164 Å². The molecule has 8 heteroatoms. The van der Waals surface area contributed by atoms with Gasteiger partial charge in [-0.15, -0.1) is 23.7 Å². The van der Waals surface area contributed by atoms with Crippen molar-refractivity contribution in [3.8, 4) is 10.7 Å². The Morgan fingerprint density at radius 1 is 1.35 bits per heavy atom. The normalized spacial score (nSPS) is 17.5. The Balaban J connectivity index is 0.00000243. The summed E-state index contributed by atoms with van der Waals surface area (Å²) in [5.74, 6) is 0.0447. The lowest BCUT2D eigenvalue weighted by Gasteiger charge is -2.35. The second-order valence-electron chi connectivity index (χ2n) is 6.31. The highest BCUT2D eigenvalue weighted by Crippen LogP contribution is 2.26. The third kappa shape index (κ3) is 5.74. The molecule has 1 aliphatic heterocycles. The van der Waals surface area contributed by atoms with Crippen LogP contribution in [0.1, 0.15) is 30.6 Å². The lowest BCUT2D eigenvalue weighted by molar-refractivity contribution is -0.121. The monoisotopic (exact) mass is 395 g/mol. The van der Waals surface area contributed by atoms with E-state index in [0.717, 1.165) is 30.2 Å². The van der Waals surface area contributed by atoms with Crippen molar-refractivity contribution in [1.29, 1.82) is 0 Å². The second kappa shape index (κ2) is 10.6. The zero-order chi connectivity index (χ0) is 17.5. The van der Waals surface area contributed by atoms with Gasteiger partial charge in [0.2, 0.25) is 5.91 Å². The van der Waals surface area contributed by atoms with Crippen LogP contribution in [0.3, 0.4) is 0 Å². The summed E-state index contributed by atoms with van der Waals surface area (Å²) in [6.45, 7) is 3.04. The van der Waals surface area contributed by atoms with Crippen LogP contribution in [0, 0.1) is 0 Å². The van der Waals surface area contributed by atoms with Gasteiger partial charge in [-0.3, -0.25) is 14.7 Å². The summed E-state index contributed by atoms with van der Waals surface area (Å²) in [6.07, 6.45) is 7.69. The van der Waals surface area contributed by atoms with E-state index in [2.05, 4.69) is 20.2 Å². The molecule has 0 spiro atoms. The third-order valence-corrected chi connectivity index (χ3v) is 5.46.